The van der Waals surface area contributed by atoms with Gasteiger partial charge in [0.2, 0.25) is 0 Å². The topological polar surface area (TPSA) is 32.5 Å². The Morgan fingerprint density at radius 2 is 1.83 bits per heavy atom. The summed E-state index contributed by atoms with van der Waals surface area (Å²) >= 11 is 0. The maximum absolute atomic E-state index is 6.03. The average molecular weight is 253 g/mol. The molecule has 0 aromatic carbocycles. The van der Waals surface area contributed by atoms with Crippen molar-refractivity contribution in [2.24, 2.45) is 11.7 Å². The maximum Gasteiger partial charge on any atom is 0.0217 e. The molecule has 106 valence electrons. The quantitative estimate of drug-likeness (QED) is 0.780. The molecule has 0 aromatic rings. The second-order valence-corrected chi connectivity index (χ2v) is 6.46. The van der Waals surface area contributed by atoms with Crippen molar-refractivity contribution in [2.75, 3.05) is 33.7 Å². The standard InChI is InChI=1S/C15H31N3/c1-17(2)14-8-6-10-18(12-14)15-9-5-3-4-7-13(15)11-16/h13-15H,3-12,16H2,1-2H3. The summed E-state index contributed by atoms with van der Waals surface area (Å²) in [7, 11) is 4.45. The van der Waals surface area contributed by atoms with Gasteiger partial charge in [0.15, 0.2) is 0 Å². The second-order valence-electron chi connectivity index (χ2n) is 6.46. The summed E-state index contributed by atoms with van der Waals surface area (Å²) < 4.78 is 0. The zero-order valence-electron chi connectivity index (χ0n) is 12.3. The monoisotopic (exact) mass is 253 g/mol. The van der Waals surface area contributed by atoms with Crippen LogP contribution < -0.4 is 5.73 Å². The largest absolute Gasteiger partial charge is 0.330 e. The zero-order chi connectivity index (χ0) is 13.0. The number of hydrogen-bond donors (Lipinski definition) is 1. The van der Waals surface area contributed by atoms with E-state index in [9.17, 15) is 0 Å². The molecule has 1 saturated carbocycles. The van der Waals surface area contributed by atoms with Crippen LogP contribution in [0.1, 0.15) is 44.9 Å². The number of nitrogens with two attached hydrogens (primary N) is 1. The number of likely N-dealkylation sites (tertiary alicyclic amines) is 1. The fourth-order valence-electron chi connectivity index (χ4n) is 3.83. The smallest absolute Gasteiger partial charge is 0.0217 e. The molecule has 2 rings (SSSR count). The Labute approximate surface area is 113 Å². The summed E-state index contributed by atoms with van der Waals surface area (Å²) in [5.41, 5.74) is 6.03. The first-order chi connectivity index (χ1) is 8.72. The Morgan fingerprint density at radius 1 is 1.06 bits per heavy atom. The Morgan fingerprint density at radius 3 is 2.56 bits per heavy atom. The molecule has 2 aliphatic rings. The van der Waals surface area contributed by atoms with Crippen molar-refractivity contribution >= 4 is 0 Å². The third kappa shape index (κ3) is 3.46. The lowest BCUT2D eigenvalue weighted by Gasteiger charge is -2.43. The van der Waals surface area contributed by atoms with Crippen LogP contribution in [0.2, 0.25) is 0 Å². The average Bonchev–Trinajstić information content (AvgIpc) is 2.63. The van der Waals surface area contributed by atoms with Crippen LogP contribution in [-0.4, -0.2) is 55.6 Å². The van der Waals surface area contributed by atoms with Crippen molar-refractivity contribution in [1.82, 2.24) is 9.80 Å². The predicted octanol–water partition coefficient (Wildman–Crippen LogP) is 1.92. The van der Waals surface area contributed by atoms with E-state index in [0.717, 1.165) is 24.5 Å². The van der Waals surface area contributed by atoms with Crippen molar-refractivity contribution in [3.8, 4) is 0 Å². The minimum Gasteiger partial charge on any atom is -0.330 e. The van der Waals surface area contributed by atoms with Crippen LogP contribution in [-0.2, 0) is 0 Å². The highest BCUT2D eigenvalue weighted by Gasteiger charge is 2.31. The molecule has 0 radical (unpaired) electrons. The van der Waals surface area contributed by atoms with Gasteiger partial charge in [0.05, 0.1) is 0 Å². The number of piperidine rings is 1. The molecule has 3 nitrogen and oxygen atoms in total. The Kier molecular flexibility index (Phi) is 5.46. The fourth-order valence-corrected chi connectivity index (χ4v) is 3.83. The van der Waals surface area contributed by atoms with Crippen LogP contribution in [0.25, 0.3) is 0 Å². The van der Waals surface area contributed by atoms with Gasteiger partial charge in [-0.1, -0.05) is 19.3 Å². The molecule has 0 spiro atoms. The Balaban J connectivity index is 1.98. The Hall–Kier alpha value is -0.120. The summed E-state index contributed by atoms with van der Waals surface area (Å²) in [5, 5.41) is 0. The predicted molar refractivity (Wildman–Crippen MR) is 77.7 cm³/mol. The van der Waals surface area contributed by atoms with E-state index in [1.165, 1.54) is 58.0 Å². The number of hydrogen-bond acceptors (Lipinski definition) is 3. The Bertz CT molecular complexity index is 242. The van der Waals surface area contributed by atoms with Gasteiger partial charge in [-0.2, -0.15) is 0 Å². The van der Waals surface area contributed by atoms with Crippen LogP contribution in [0, 0.1) is 5.92 Å². The molecule has 1 saturated heterocycles. The first-order valence-corrected chi connectivity index (χ1v) is 7.83. The molecule has 0 aromatic heterocycles. The molecule has 3 heteroatoms. The van der Waals surface area contributed by atoms with Crippen molar-refractivity contribution in [3.05, 3.63) is 0 Å². The van der Waals surface area contributed by atoms with E-state index in [0.29, 0.717) is 0 Å². The van der Waals surface area contributed by atoms with Crippen molar-refractivity contribution in [2.45, 2.75) is 57.0 Å². The minimum absolute atomic E-state index is 0.744. The number of likely N-dealkylation sites (N-methyl/N-ethyl adjacent to an activating group) is 1. The van der Waals surface area contributed by atoms with Crippen LogP contribution in [0.3, 0.4) is 0 Å². The maximum atomic E-state index is 6.03. The molecule has 2 fully saturated rings. The van der Waals surface area contributed by atoms with Gasteiger partial charge in [-0.15, -0.1) is 0 Å². The van der Waals surface area contributed by atoms with Crippen LogP contribution in [0.5, 0.6) is 0 Å². The van der Waals surface area contributed by atoms with E-state index in [4.69, 9.17) is 5.73 Å². The minimum atomic E-state index is 0.744. The molecule has 1 heterocycles. The van der Waals surface area contributed by atoms with E-state index in [2.05, 4.69) is 23.9 Å². The van der Waals surface area contributed by atoms with Gasteiger partial charge in [0.1, 0.15) is 0 Å². The van der Waals surface area contributed by atoms with E-state index in [1.807, 2.05) is 0 Å². The summed E-state index contributed by atoms with van der Waals surface area (Å²) in [6.45, 7) is 3.44. The SMILES string of the molecule is CN(C)C1CCCN(C2CCCCCC2CN)C1. The van der Waals surface area contributed by atoms with Crippen molar-refractivity contribution < 1.29 is 0 Å². The van der Waals surface area contributed by atoms with Crippen molar-refractivity contribution in [3.63, 3.8) is 0 Å². The summed E-state index contributed by atoms with van der Waals surface area (Å²) in [5.74, 6) is 0.744. The van der Waals surface area contributed by atoms with E-state index < -0.39 is 0 Å². The molecule has 2 N–H and O–H groups in total. The fraction of sp³-hybridized carbons (Fsp3) is 1.00. The summed E-state index contributed by atoms with van der Waals surface area (Å²) in [4.78, 5) is 5.16. The third-order valence-corrected chi connectivity index (χ3v) is 5.05. The van der Waals surface area contributed by atoms with Gasteiger partial charge in [-0.25, -0.2) is 0 Å². The summed E-state index contributed by atoms with van der Waals surface area (Å²) in [6, 6.07) is 1.51. The molecular weight excluding hydrogens is 222 g/mol. The molecule has 1 aliphatic heterocycles. The van der Waals surface area contributed by atoms with Gasteiger partial charge in [-0.05, 0) is 58.8 Å². The lowest BCUT2D eigenvalue weighted by molar-refractivity contribution is 0.0664. The summed E-state index contributed by atoms with van der Waals surface area (Å²) in [6.07, 6.45) is 9.66. The molecule has 3 atom stereocenters. The normalized spacial score (nSPS) is 35.7. The highest BCUT2D eigenvalue weighted by Crippen LogP contribution is 2.29. The first kappa shape index (κ1) is 14.3. The second kappa shape index (κ2) is 6.88. The third-order valence-electron chi connectivity index (χ3n) is 5.05. The van der Waals surface area contributed by atoms with Crippen LogP contribution >= 0.6 is 0 Å². The highest BCUT2D eigenvalue weighted by molar-refractivity contribution is 4.87. The van der Waals surface area contributed by atoms with Crippen LogP contribution in [0.15, 0.2) is 0 Å². The van der Waals surface area contributed by atoms with Gasteiger partial charge in [0.25, 0.3) is 0 Å². The van der Waals surface area contributed by atoms with Gasteiger partial charge < -0.3 is 10.6 Å². The lowest BCUT2D eigenvalue weighted by atomic mass is 9.91. The molecular formula is C15H31N3. The van der Waals surface area contributed by atoms with Gasteiger partial charge in [0, 0.05) is 18.6 Å². The molecule has 1 aliphatic carbocycles. The molecule has 3 unspecified atom stereocenters. The van der Waals surface area contributed by atoms with Gasteiger partial charge in [-0.3, -0.25) is 4.90 Å². The molecule has 0 amide bonds. The zero-order valence-corrected chi connectivity index (χ0v) is 12.3. The van der Waals surface area contributed by atoms with E-state index in [1.54, 1.807) is 0 Å². The lowest BCUT2D eigenvalue weighted by Crippen LogP contribution is -2.52. The first-order valence-electron chi connectivity index (χ1n) is 7.83. The number of rotatable bonds is 3. The van der Waals surface area contributed by atoms with E-state index in [-0.39, 0.29) is 0 Å². The van der Waals surface area contributed by atoms with Crippen LogP contribution in [0.4, 0.5) is 0 Å². The van der Waals surface area contributed by atoms with Crippen molar-refractivity contribution in [1.29, 1.82) is 0 Å². The molecule has 0 bridgehead atoms. The molecule has 18 heavy (non-hydrogen) atoms. The highest BCUT2D eigenvalue weighted by atomic mass is 15.2. The van der Waals surface area contributed by atoms with E-state index >= 15 is 0 Å². The van der Waals surface area contributed by atoms with Gasteiger partial charge >= 0.3 is 0 Å². The number of nitrogens with zero attached hydrogens (tertiary/aromatic N) is 2.